The van der Waals surface area contributed by atoms with Gasteiger partial charge in [-0.2, -0.15) is 0 Å². The van der Waals surface area contributed by atoms with E-state index < -0.39 is 0 Å². The van der Waals surface area contributed by atoms with E-state index in [0.717, 1.165) is 0 Å². The Bertz CT molecular complexity index is 496. The van der Waals surface area contributed by atoms with Crippen molar-refractivity contribution in [2.75, 3.05) is 19.7 Å². The maximum atomic E-state index is 11.8. The highest BCUT2D eigenvalue weighted by Crippen LogP contribution is 2.31. The van der Waals surface area contributed by atoms with Gasteiger partial charge in [0.1, 0.15) is 10.8 Å². The molecule has 0 unspecified atom stereocenters. The molecule has 1 amide bonds. The summed E-state index contributed by atoms with van der Waals surface area (Å²) in [4.78, 5) is 13.3. The van der Waals surface area contributed by atoms with Crippen molar-refractivity contribution in [2.24, 2.45) is 0 Å². The van der Waals surface area contributed by atoms with E-state index in [1.807, 2.05) is 0 Å². The average molecular weight is 305 g/mol. The lowest BCUT2D eigenvalue weighted by molar-refractivity contribution is -0.128. The summed E-state index contributed by atoms with van der Waals surface area (Å²) in [5, 5.41) is 4.02. The molecule has 0 aromatic heterocycles. The second-order valence-electron chi connectivity index (χ2n) is 3.62. The summed E-state index contributed by atoms with van der Waals surface area (Å²) < 4.78 is 5.35. The first-order valence-corrected chi connectivity index (χ1v) is 6.41. The number of benzene rings is 1. The number of hydrogen-bond acceptors (Lipinski definition) is 3. The topological polar surface area (TPSA) is 41.6 Å². The lowest BCUT2D eigenvalue weighted by atomic mass is 10.3. The van der Waals surface area contributed by atoms with Crippen LogP contribution in [0.1, 0.15) is 0 Å². The molecule has 4 nitrogen and oxygen atoms in total. The molecule has 1 aromatic rings. The van der Waals surface area contributed by atoms with Crippen molar-refractivity contribution in [1.29, 1.82) is 0 Å². The fourth-order valence-electron chi connectivity index (χ4n) is 1.52. The molecule has 0 radical (unpaired) electrons. The van der Waals surface area contributed by atoms with E-state index in [0.29, 0.717) is 34.0 Å². The van der Waals surface area contributed by atoms with E-state index in [9.17, 15) is 4.79 Å². The van der Waals surface area contributed by atoms with E-state index in [-0.39, 0.29) is 12.5 Å². The fourth-order valence-corrected chi connectivity index (χ4v) is 2.16. The Morgan fingerprint density at radius 1 is 1.50 bits per heavy atom. The molecule has 0 aliphatic carbocycles. The number of rotatable bonds is 3. The number of nitrogens with zero attached hydrogens (tertiary/aromatic N) is 1. The van der Waals surface area contributed by atoms with Gasteiger partial charge >= 0.3 is 0 Å². The number of carbonyl (C=O) groups is 1. The van der Waals surface area contributed by atoms with Gasteiger partial charge < -0.3 is 10.1 Å². The Morgan fingerprint density at radius 3 is 2.94 bits per heavy atom. The van der Waals surface area contributed by atoms with Gasteiger partial charge in [0.05, 0.1) is 5.02 Å². The van der Waals surface area contributed by atoms with Crippen LogP contribution in [-0.4, -0.2) is 35.6 Å². The van der Waals surface area contributed by atoms with E-state index in [4.69, 9.17) is 40.2 Å². The molecule has 1 heterocycles. The van der Waals surface area contributed by atoms with Crippen molar-refractivity contribution < 1.29 is 9.53 Å². The Balaban J connectivity index is 1.97. The van der Waals surface area contributed by atoms with Crippen molar-refractivity contribution in [3.05, 3.63) is 28.2 Å². The summed E-state index contributed by atoms with van der Waals surface area (Å²) in [6.45, 7) is 1.11. The highest BCUT2D eigenvalue weighted by molar-refractivity contribution is 7.80. The minimum Gasteiger partial charge on any atom is -0.482 e. The molecule has 18 heavy (non-hydrogen) atoms. The molecule has 0 spiro atoms. The van der Waals surface area contributed by atoms with Crippen LogP contribution in [0, 0.1) is 0 Å². The van der Waals surface area contributed by atoms with Crippen molar-refractivity contribution in [3.8, 4) is 5.75 Å². The summed E-state index contributed by atoms with van der Waals surface area (Å²) in [7, 11) is 0. The van der Waals surface area contributed by atoms with Crippen LogP contribution in [0.25, 0.3) is 0 Å². The standard InChI is InChI=1S/C11H10Cl2N2O2S/c12-7-2-1-3-8(10(7)13)17-6-9(16)15-5-4-14-11(15)18/h1-3H,4-6H2,(H,14,18). The molecule has 1 aliphatic heterocycles. The Morgan fingerprint density at radius 2 is 2.28 bits per heavy atom. The van der Waals surface area contributed by atoms with Gasteiger partial charge in [-0.1, -0.05) is 29.3 Å². The van der Waals surface area contributed by atoms with Gasteiger partial charge in [0, 0.05) is 13.1 Å². The molecule has 0 bridgehead atoms. The Labute approximate surface area is 120 Å². The van der Waals surface area contributed by atoms with Gasteiger partial charge in [-0.3, -0.25) is 9.69 Å². The maximum absolute atomic E-state index is 11.8. The summed E-state index contributed by atoms with van der Waals surface area (Å²) in [5.74, 6) is 0.177. The molecule has 1 saturated heterocycles. The highest BCUT2D eigenvalue weighted by Gasteiger charge is 2.23. The Hall–Kier alpha value is -1.04. The highest BCUT2D eigenvalue weighted by atomic mass is 35.5. The maximum Gasteiger partial charge on any atom is 0.266 e. The second-order valence-corrected chi connectivity index (χ2v) is 4.79. The molecule has 0 saturated carbocycles. The quantitative estimate of drug-likeness (QED) is 0.868. The number of hydrogen-bond donors (Lipinski definition) is 1. The summed E-state index contributed by atoms with van der Waals surface area (Å²) in [5.41, 5.74) is 0. The van der Waals surface area contributed by atoms with Crippen LogP contribution in [0.2, 0.25) is 10.0 Å². The van der Waals surface area contributed by atoms with E-state index in [1.165, 1.54) is 4.90 Å². The molecule has 2 rings (SSSR count). The van der Waals surface area contributed by atoms with Crippen LogP contribution in [0.3, 0.4) is 0 Å². The fraction of sp³-hybridized carbons (Fsp3) is 0.273. The van der Waals surface area contributed by atoms with Gasteiger partial charge in [0.15, 0.2) is 11.7 Å². The first kappa shape index (κ1) is 13.4. The van der Waals surface area contributed by atoms with Gasteiger partial charge in [-0.25, -0.2) is 0 Å². The van der Waals surface area contributed by atoms with Crippen LogP contribution >= 0.6 is 35.4 Å². The van der Waals surface area contributed by atoms with Crippen LogP contribution in [-0.2, 0) is 4.79 Å². The average Bonchev–Trinajstić information content (AvgIpc) is 2.77. The lowest BCUT2D eigenvalue weighted by Crippen LogP contribution is -2.37. The summed E-state index contributed by atoms with van der Waals surface area (Å²) in [6, 6.07) is 5.01. The predicted octanol–water partition coefficient (Wildman–Crippen LogP) is 2.09. The molecular weight excluding hydrogens is 295 g/mol. The van der Waals surface area contributed by atoms with Crippen molar-refractivity contribution in [3.63, 3.8) is 0 Å². The third kappa shape index (κ3) is 2.85. The van der Waals surface area contributed by atoms with Crippen molar-refractivity contribution in [2.45, 2.75) is 0 Å². The molecule has 1 N–H and O–H groups in total. The second kappa shape index (κ2) is 5.73. The largest absolute Gasteiger partial charge is 0.482 e. The molecule has 7 heteroatoms. The number of ether oxygens (including phenoxy) is 1. The number of halogens is 2. The van der Waals surface area contributed by atoms with E-state index in [2.05, 4.69) is 5.32 Å². The molecule has 96 valence electrons. The summed E-state index contributed by atoms with van der Waals surface area (Å²) >= 11 is 16.8. The van der Waals surface area contributed by atoms with E-state index in [1.54, 1.807) is 18.2 Å². The first-order chi connectivity index (χ1) is 8.59. The van der Waals surface area contributed by atoms with Crippen LogP contribution in [0.4, 0.5) is 0 Å². The monoisotopic (exact) mass is 304 g/mol. The lowest BCUT2D eigenvalue weighted by Gasteiger charge is -2.15. The van der Waals surface area contributed by atoms with Crippen molar-refractivity contribution in [1.82, 2.24) is 10.2 Å². The normalized spacial score (nSPS) is 14.6. The molecule has 1 aromatic carbocycles. The molecular formula is C11H10Cl2N2O2S. The number of nitrogens with one attached hydrogen (secondary N) is 1. The Kier molecular flexibility index (Phi) is 4.27. The number of carbonyl (C=O) groups excluding carboxylic acids is 1. The van der Waals surface area contributed by atoms with Gasteiger partial charge in [-0.15, -0.1) is 0 Å². The zero-order valence-electron chi connectivity index (χ0n) is 9.28. The zero-order valence-corrected chi connectivity index (χ0v) is 11.6. The van der Waals surface area contributed by atoms with Gasteiger partial charge in [0.2, 0.25) is 0 Å². The molecule has 1 aliphatic rings. The number of thiocarbonyl (C=S) groups is 1. The van der Waals surface area contributed by atoms with Gasteiger partial charge in [0.25, 0.3) is 5.91 Å². The minimum atomic E-state index is -0.207. The summed E-state index contributed by atoms with van der Waals surface area (Å²) in [6.07, 6.45) is 0. The molecule has 0 atom stereocenters. The first-order valence-electron chi connectivity index (χ1n) is 5.24. The zero-order chi connectivity index (χ0) is 13.1. The smallest absolute Gasteiger partial charge is 0.266 e. The predicted molar refractivity (Wildman–Crippen MR) is 74.3 cm³/mol. The van der Waals surface area contributed by atoms with E-state index >= 15 is 0 Å². The molecule has 1 fully saturated rings. The van der Waals surface area contributed by atoms with Gasteiger partial charge in [-0.05, 0) is 24.4 Å². The van der Waals surface area contributed by atoms with Crippen molar-refractivity contribution >= 4 is 46.4 Å². The van der Waals surface area contributed by atoms with Crippen LogP contribution in [0.5, 0.6) is 5.75 Å². The SMILES string of the molecule is O=C(COc1cccc(Cl)c1Cl)N1CCNC1=S. The third-order valence-electron chi connectivity index (χ3n) is 2.43. The number of amides is 1. The third-order valence-corrected chi connectivity index (χ3v) is 3.59. The van der Waals surface area contributed by atoms with Crippen LogP contribution in [0.15, 0.2) is 18.2 Å². The van der Waals surface area contributed by atoms with Crippen LogP contribution < -0.4 is 10.1 Å². The minimum absolute atomic E-state index is 0.123.